The maximum absolute atomic E-state index is 9.63. The molecule has 3 N–H and O–H groups in total. The molecule has 0 unspecified atom stereocenters. The average molecular weight is 433 g/mol. The lowest BCUT2D eigenvalue weighted by molar-refractivity contribution is 0.0823. The molecule has 2 fully saturated rings. The Morgan fingerprint density at radius 2 is 1.94 bits per heavy atom. The number of hydrogen-bond donors (Lipinski definition) is 3. The number of nitrogens with zero attached hydrogens (tertiary/aromatic N) is 2. The van der Waals surface area contributed by atoms with Crippen LogP contribution < -0.4 is 20.1 Å². The number of rotatable bonds is 10. The normalized spacial score (nSPS) is 18.9. The number of aliphatic hydroxyl groups excluding tert-OH is 1. The molecule has 174 valence electrons. The quantitative estimate of drug-likeness (QED) is 0.300. The fraction of sp³-hybridized carbons (Fsp3) is 0.708. The van der Waals surface area contributed by atoms with Crippen molar-refractivity contribution in [3.05, 3.63) is 23.8 Å². The van der Waals surface area contributed by atoms with Gasteiger partial charge in [-0.2, -0.15) is 0 Å². The molecule has 0 amide bonds. The number of ether oxygens (including phenoxy) is 2. The fourth-order valence-corrected chi connectivity index (χ4v) is 4.25. The molecule has 0 spiro atoms. The fourth-order valence-electron chi connectivity index (χ4n) is 4.25. The van der Waals surface area contributed by atoms with Gasteiger partial charge in [-0.15, -0.1) is 0 Å². The molecule has 7 nitrogen and oxygen atoms in total. The summed E-state index contributed by atoms with van der Waals surface area (Å²) >= 11 is 0. The van der Waals surface area contributed by atoms with Crippen LogP contribution in [0.2, 0.25) is 0 Å². The average Bonchev–Trinajstić information content (AvgIpc) is 3.29. The van der Waals surface area contributed by atoms with Crippen LogP contribution in [0.1, 0.15) is 57.4 Å². The van der Waals surface area contributed by atoms with E-state index in [1.165, 1.54) is 12.8 Å². The summed E-state index contributed by atoms with van der Waals surface area (Å²) in [5, 5.41) is 16.4. The van der Waals surface area contributed by atoms with E-state index in [1.807, 2.05) is 12.1 Å². The molecule has 0 aromatic heterocycles. The van der Waals surface area contributed by atoms with Crippen LogP contribution in [0, 0.1) is 0 Å². The Bertz CT molecular complexity index is 683. The van der Waals surface area contributed by atoms with E-state index in [0.29, 0.717) is 12.6 Å². The maximum Gasteiger partial charge on any atom is 0.191 e. The first-order valence-electron chi connectivity index (χ1n) is 11.9. The number of piperidine rings is 1. The zero-order chi connectivity index (χ0) is 21.9. The zero-order valence-electron chi connectivity index (χ0n) is 19.2. The van der Waals surface area contributed by atoms with Crippen molar-refractivity contribution in [1.82, 2.24) is 15.5 Å². The summed E-state index contributed by atoms with van der Waals surface area (Å²) < 4.78 is 11.7. The van der Waals surface area contributed by atoms with Crippen molar-refractivity contribution in [3.8, 4) is 11.5 Å². The third-order valence-electron chi connectivity index (χ3n) is 6.12. The molecular weight excluding hydrogens is 392 g/mol. The van der Waals surface area contributed by atoms with E-state index in [4.69, 9.17) is 14.5 Å². The Morgan fingerprint density at radius 3 is 2.65 bits per heavy atom. The van der Waals surface area contributed by atoms with E-state index in [2.05, 4.69) is 28.5 Å². The second-order valence-electron chi connectivity index (χ2n) is 8.55. The molecule has 1 aliphatic heterocycles. The van der Waals surface area contributed by atoms with Gasteiger partial charge in [0, 0.05) is 37.8 Å². The lowest BCUT2D eigenvalue weighted by Crippen LogP contribution is -2.40. The van der Waals surface area contributed by atoms with Crippen molar-refractivity contribution in [3.63, 3.8) is 0 Å². The van der Waals surface area contributed by atoms with Crippen LogP contribution in [0.25, 0.3) is 0 Å². The highest BCUT2D eigenvalue weighted by molar-refractivity contribution is 5.79. The van der Waals surface area contributed by atoms with Gasteiger partial charge in [0.25, 0.3) is 0 Å². The molecular formula is C24H40N4O3. The van der Waals surface area contributed by atoms with Crippen LogP contribution in [0.15, 0.2) is 23.2 Å². The Morgan fingerprint density at radius 1 is 1.16 bits per heavy atom. The summed E-state index contributed by atoms with van der Waals surface area (Å²) in [5.74, 6) is 2.54. The molecule has 1 aromatic carbocycles. The Kier molecular flexibility index (Phi) is 9.75. The van der Waals surface area contributed by atoms with E-state index in [0.717, 1.165) is 87.8 Å². The molecule has 1 aliphatic carbocycles. The number of nitrogens with one attached hydrogen (secondary N) is 2. The first-order chi connectivity index (χ1) is 15.2. The lowest BCUT2D eigenvalue weighted by atomic mass is 10.1. The van der Waals surface area contributed by atoms with E-state index < -0.39 is 0 Å². The third-order valence-corrected chi connectivity index (χ3v) is 6.12. The largest absolute Gasteiger partial charge is 0.497 e. The van der Waals surface area contributed by atoms with Crippen LogP contribution in [0.3, 0.4) is 0 Å². The van der Waals surface area contributed by atoms with Crippen LogP contribution in [-0.4, -0.2) is 68.0 Å². The minimum absolute atomic E-state index is 0.109. The molecule has 1 aromatic rings. The topological polar surface area (TPSA) is 78.4 Å². The number of guanidine groups is 1. The minimum Gasteiger partial charge on any atom is -0.497 e. The maximum atomic E-state index is 9.63. The van der Waals surface area contributed by atoms with Crippen LogP contribution in [0.4, 0.5) is 0 Å². The van der Waals surface area contributed by atoms with E-state index in [1.54, 1.807) is 7.11 Å². The van der Waals surface area contributed by atoms with Gasteiger partial charge in [-0.3, -0.25) is 0 Å². The number of methoxy groups -OCH3 is 1. The Labute approximate surface area is 187 Å². The van der Waals surface area contributed by atoms with Gasteiger partial charge in [0.05, 0.1) is 25.9 Å². The summed E-state index contributed by atoms with van der Waals surface area (Å²) in [4.78, 5) is 7.23. The van der Waals surface area contributed by atoms with Crippen molar-refractivity contribution in [2.45, 2.75) is 70.6 Å². The lowest BCUT2D eigenvalue weighted by Gasteiger charge is -2.29. The number of aliphatic hydroxyl groups is 1. The zero-order valence-corrected chi connectivity index (χ0v) is 19.2. The minimum atomic E-state index is -0.109. The smallest absolute Gasteiger partial charge is 0.191 e. The van der Waals surface area contributed by atoms with Crippen molar-refractivity contribution in [1.29, 1.82) is 0 Å². The Balaban J connectivity index is 1.52. The van der Waals surface area contributed by atoms with Crippen molar-refractivity contribution in [2.75, 3.05) is 39.8 Å². The summed E-state index contributed by atoms with van der Waals surface area (Å²) in [5.41, 5.74) is 1.08. The van der Waals surface area contributed by atoms with Crippen LogP contribution in [-0.2, 0) is 6.54 Å². The van der Waals surface area contributed by atoms with Gasteiger partial charge < -0.3 is 30.1 Å². The van der Waals surface area contributed by atoms with E-state index in [-0.39, 0.29) is 6.10 Å². The molecule has 0 atom stereocenters. The van der Waals surface area contributed by atoms with Crippen LogP contribution in [0.5, 0.6) is 11.5 Å². The third kappa shape index (κ3) is 7.89. The first-order valence-corrected chi connectivity index (χ1v) is 11.9. The highest BCUT2D eigenvalue weighted by atomic mass is 16.5. The highest BCUT2D eigenvalue weighted by Gasteiger charge is 2.19. The van der Waals surface area contributed by atoms with Crippen molar-refractivity contribution < 1.29 is 14.6 Å². The molecule has 31 heavy (non-hydrogen) atoms. The van der Waals surface area contributed by atoms with E-state index >= 15 is 0 Å². The Hall–Kier alpha value is -1.99. The molecule has 2 aliphatic rings. The van der Waals surface area contributed by atoms with Gasteiger partial charge in [0.2, 0.25) is 0 Å². The monoisotopic (exact) mass is 432 g/mol. The molecule has 3 rings (SSSR count). The second kappa shape index (κ2) is 12.8. The summed E-state index contributed by atoms with van der Waals surface area (Å²) in [6, 6.07) is 6.02. The molecule has 1 heterocycles. The molecule has 1 saturated carbocycles. The van der Waals surface area contributed by atoms with Gasteiger partial charge >= 0.3 is 0 Å². The predicted molar refractivity (Wildman–Crippen MR) is 125 cm³/mol. The SMILES string of the molecule is CCNC(=NCc1ccc(OC)cc1OC1CCCC1)NCCCN1CCC(O)CC1. The van der Waals surface area contributed by atoms with Gasteiger partial charge in [0.1, 0.15) is 11.5 Å². The van der Waals surface area contributed by atoms with Gasteiger partial charge in [0.15, 0.2) is 5.96 Å². The summed E-state index contributed by atoms with van der Waals surface area (Å²) in [7, 11) is 1.69. The van der Waals surface area contributed by atoms with Gasteiger partial charge in [-0.25, -0.2) is 4.99 Å². The van der Waals surface area contributed by atoms with Gasteiger partial charge in [-0.05, 0) is 70.5 Å². The predicted octanol–water partition coefficient (Wildman–Crippen LogP) is 2.92. The standard InChI is InChI=1S/C24H40N4O3/c1-3-25-24(26-13-6-14-28-15-11-20(29)12-16-28)27-18-19-9-10-22(30-2)17-23(19)31-21-7-4-5-8-21/h9-10,17,20-21,29H,3-8,11-16,18H2,1-2H3,(H2,25,26,27). The molecule has 7 heteroatoms. The molecule has 0 radical (unpaired) electrons. The number of aliphatic imine (C=N–C) groups is 1. The first kappa shape index (κ1) is 23.7. The summed E-state index contributed by atoms with van der Waals surface area (Å²) in [6.07, 6.45) is 7.78. The van der Waals surface area contributed by atoms with Crippen LogP contribution >= 0.6 is 0 Å². The highest BCUT2D eigenvalue weighted by Crippen LogP contribution is 2.30. The molecule has 1 saturated heterocycles. The molecule has 0 bridgehead atoms. The van der Waals surface area contributed by atoms with E-state index in [9.17, 15) is 5.11 Å². The van der Waals surface area contributed by atoms with Crippen molar-refractivity contribution in [2.24, 2.45) is 4.99 Å². The van der Waals surface area contributed by atoms with Gasteiger partial charge in [-0.1, -0.05) is 0 Å². The van der Waals surface area contributed by atoms with Crippen molar-refractivity contribution >= 4 is 5.96 Å². The number of likely N-dealkylation sites (tertiary alicyclic amines) is 1. The number of benzene rings is 1. The summed E-state index contributed by atoms with van der Waals surface area (Å²) in [6.45, 7) is 7.39. The second-order valence-corrected chi connectivity index (χ2v) is 8.55. The number of hydrogen-bond acceptors (Lipinski definition) is 5.